The first kappa shape index (κ1) is 14.5. The van der Waals surface area contributed by atoms with Gasteiger partial charge in [-0.2, -0.15) is 5.26 Å². The second kappa shape index (κ2) is 4.94. The highest BCUT2D eigenvalue weighted by Gasteiger charge is 2.57. The predicted molar refractivity (Wildman–Crippen MR) is 80.4 cm³/mol. The van der Waals surface area contributed by atoms with Crippen LogP contribution in [0.3, 0.4) is 0 Å². The molecule has 120 valence electrons. The van der Waals surface area contributed by atoms with Gasteiger partial charge in [0.05, 0.1) is 18.2 Å². The van der Waals surface area contributed by atoms with E-state index in [2.05, 4.69) is 6.07 Å². The Morgan fingerprint density at radius 3 is 2.95 bits per heavy atom. The summed E-state index contributed by atoms with van der Waals surface area (Å²) < 4.78 is 0. The zero-order valence-electron chi connectivity index (χ0n) is 12.9. The first-order chi connectivity index (χ1) is 10.5. The summed E-state index contributed by atoms with van der Waals surface area (Å²) in [6.45, 7) is 0. The molecule has 1 heterocycles. The zero-order valence-corrected chi connectivity index (χ0v) is 12.9. The van der Waals surface area contributed by atoms with E-state index in [4.69, 9.17) is 5.73 Å². The summed E-state index contributed by atoms with van der Waals surface area (Å²) in [7, 11) is 0. The molecule has 4 fully saturated rings. The van der Waals surface area contributed by atoms with Crippen LogP contribution < -0.4 is 5.73 Å². The van der Waals surface area contributed by atoms with Crippen molar-refractivity contribution in [3.8, 4) is 6.07 Å². The Morgan fingerprint density at radius 2 is 2.18 bits per heavy atom. The lowest BCUT2D eigenvalue weighted by atomic mass is 9.58. The van der Waals surface area contributed by atoms with Gasteiger partial charge < -0.3 is 15.7 Å². The third kappa shape index (κ3) is 2.08. The van der Waals surface area contributed by atoms with Gasteiger partial charge in [0.25, 0.3) is 0 Å². The molecule has 5 heteroatoms. The number of carbonyl (C=O) groups is 1. The van der Waals surface area contributed by atoms with E-state index in [1.165, 1.54) is 0 Å². The van der Waals surface area contributed by atoms with Crippen molar-refractivity contribution in [1.82, 2.24) is 4.90 Å². The topological polar surface area (TPSA) is 90.4 Å². The number of nitrogens with zero attached hydrogens (tertiary/aromatic N) is 2. The molecule has 1 saturated heterocycles. The molecular weight excluding hydrogens is 278 g/mol. The maximum Gasteiger partial charge on any atom is 0.241 e. The molecule has 0 aromatic rings. The molecule has 0 spiro atoms. The van der Waals surface area contributed by atoms with Gasteiger partial charge in [-0.1, -0.05) is 12.8 Å². The van der Waals surface area contributed by atoms with Crippen molar-refractivity contribution in [3.05, 3.63) is 0 Å². The lowest BCUT2D eigenvalue weighted by Crippen LogP contribution is -2.58. The number of fused-ring (bicyclic) bond motifs is 3. The lowest BCUT2D eigenvalue weighted by molar-refractivity contribution is -0.140. The number of likely N-dealkylation sites (tertiary alicyclic amines) is 1. The van der Waals surface area contributed by atoms with Gasteiger partial charge >= 0.3 is 0 Å². The molecule has 22 heavy (non-hydrogen) atoms. The van der Waals surface area contributed by atoms with E-state index < -0.39 is 6.04 Å². The third-order valence-corrected chi connectivity index (χ3v) is 6.66. The second-order valence-corrected chi connectivity index (χ2v) is 8.09. The van der Waals surface area contributed by atoms with Crippen LogP contribution in [0, 0.1) is 28.6 Å². The SMILES string of the molecule is N#C[C@@H]1C[C@@H]2C[C@@H]2N1C(=O)[C@@H](N)C12CCCC(CC(O)C1)C2. The minimum absolute atomic E-state index is 0.0358. The van der Waals surface area contributed by atoms with Gasteiger partial charge in [0.2, 0.25) is 5.91 Å². The number of amides is 1. The fraction of sp³-hybridized carbons (Fsp3) is 0.882. The molecule has 3 N–H and O–H groups in total. The van der Waals surface area contributed by atoms with Crippen LogP contribution in [0.15, 0.2) is 0 Å². The van der Waals surface area contributed by atoms with E-state index in [9.17, 15) is 15.2 Å². The van der Waals surface area contributed by atoms with Crippen LogP contribution in [0.1, 0.15) is 51.4 Å². The van der Waals surface area contributed by atoms with E-state index in [1.54, 1.807) is 4.90 Å². The molecule has 0 aromatic heterocycles. The molecule has 1 aliphatic heterocycles. The van der Waals surface area contributed by atoms with E-state index in [0.717, 1.165) is 44.9 Å². The maximum absolute atomic E-state index is 13.0. The molecule has 4 rings (SSSR count). The Labute approximate surface area is 131 Å². The molecule has 3 aliphatic carbocycles. The van der Waals surface area contributed by atoms with Crippen molar-refractivity contribution >= 4 is 5.91 Å². The van der Waals surface area contributed by atoms with Gasteiger partial charge in [0.1, 0.15) is 6.04 Å². The van der Waals surface area contributed by atoms with Crippen LogP contribution in [-0.2, 0) is 4.79 Å². The van der Waals surface area contributed by atoms with E-state index in [0.29, 0.717) is 18.3 Å². The first-order valence-electron chi connectivity index (χ1n) is 8.69. The maximum atomic E-state index is 13.0. The average molecular weight is 303 g/mol. The molecule has 3 saturated carbocycles. The standard InChI is InChI=1S/C17H25N3O2/c18-9-12-5-11-6-14(11)20(12)16(22)15(19)17-3-1-2-10(7-17)4-13(21)8-17/h10-15,21H,1-8,19H2/t10?,11-,12+,13?,14+,15-,17?/m1/s1. The molecule has 0 radical (unpaired) electrons. The van der Waals surface area contributed by atoms with Gasteiger partial charge in [-0.05, 0) is 55.8 Å². The summed E-state index contributed by atoms with van der Waals surface area (Å²) in [4.78, 5) is 14.8. The van der Waals surface area contributed by atoms with Crippen molar-refractivity contribution < 1.29 is 9.90 Å². The smallest absolute Gasteiger partial charge is 0.241 e. The Hall–Kier alpha value is -1.12. The normalized spacial score (nSPS) is 47.5. The number of carbonyl (C=O) groups excluding carboxylic acids is 1. The number of aliphatic hydroxyl groups is 1. The summed E-state index contributed by atoms with van der Waals surface area (Å²) in [5, 5.41) is 19.5. The van der Waals surface area contributed by atoms with Crippen molar-refractivity contribution in [2.45, 2.75) is 75.6 Å². The fourth-order valence-corrected chi connectivity index (χ4v) is 5.57. The highest BCUT2D eigenvalue weighted by molar-refractivity contribution is 5.84. The van der Waals surface area contributed by atoms with Crippen molar-refractivity contribution in [3.63, 3.8) is 0 Å². The molecule has 0 aromatic carbocycles. The molecule has 1 amide bonds. The lowest BCUT2D eigenvalue weighted by Gasteiger charge is -2.50. The summed E-state index contributed by atoms with van der Waals surface area (Å²) >= 11 is 0. The van der Waals surface area contributed by atoms with Gasteiger partial charge in [-0.3, -0.25) is 4.79 Å². The number of piperidine rings is 1. The van der Waals surface area contributed by atoms with Crippen LogP contribution in [-0.4, -0.2) is 40.1 Å². The molecule has 4 aliphatic rings. The van der Waals surface area contributed by atoms with Crippen LogP contribution in [0.5, 0.6) is 0 Å². The predicted octanol–water partition coefficient (Wildman–Crippen LogP) is 1.16. The van der Waals surface area contributed by atoms with Crippen LogP contribution in [0.25, 0.3) is 0 Å². The monoisotopic (exact) mass is 303 g/mol. The molecule has 7 atom stereocenters. The summed E-state index contributed by atoms with van der Waals surface area (Å²) in [6, 6.07) is 1.69. The number of hydrogen-bond donors (Lipinski definition) is 2. The average Bonchev–Trinajstić information content (AvgIpc) is 3.15. The first-order valence-corrected chi connectivity index (χ1v) is 8.69. The summed E-state index contributed by atoms with van der Waals surface area (Å²) in [5.41, 5.74) is 6.22. The Kier molecular flexibility index (Phi) is 3.25. The molecule has 2 bridgehead atoms. The van der Waals surface area contributed by atoms with E-state index in [-0.39, 0.29) is 29.5 Å². The van der Waals surface area contributed by atoms with Crippen LogP contribution in [0.4, 0.5) is 0 Å². The van der Waals surface area contributed by atoms with Gasteiger partial charge in [0, 0.05) is 6.04 Å². The van der Waals surface area contributed by atoms with Gasteiger partial charge in [-0.15, -0.1) is 0 Å². The van der Waals surface area contributed by atoms with Gasteiger partial charge in [0.15, 0.2) is 0 Å². The molecule has 3 unspecified atom stereocenters. The van der Waals surface area contributed by atoms with Crippen LogP contribution >= 0.6 is 0 Å². The van der Waals surface area contributed by atoms with E-state index >= 15 is 0 Å². The number of hydrogen-bond acceptors (Lipinski definition) is 4. The van der Waals surface area contributed by atoms with E-state index in [1.807, 2.05) is 0 Å². The number of nitriles is 1. The number of aliphatic hydroxyl groups excluding tert-OH is 1. The Balaban J connectivity index is 1.56. The van der Waals surface area contributed by atoms with Crippen molar-refractivity contribution in [2.24, 2.45) is 23.0 Å². The number of rotatable bonds is 2. The zero-order chi connectivity index (χ0) is 15.5. The molecular formula is C17H25N3O2. The Morgan fingerprint density at radius 1 is 1.36 bits per heavy atom. The quantitative estimate of drug-likeness (QED) is 0.801. The number of nitrogens with two attached hydrogens (primary N) is 1. The van der Waals surface area contributed by atoms with Crippen molar-refractivity contribution in [2.75, 3.05) is 0 Å². The minimum Gasteiger partial charge on any atom is -0.393 e. The summed E-state index contributed by atoms with van der Waals surface area (Å²) in [6.07, 6.45) is 7.20. The van der Waals surface area contributed by atoms with Crippen molar-refractivity contribution in [1.29, 1.82) is 5.26 Å². The highest BCUT2D eigenvalue weighted by Crippen LogP contribution is 2.53. The Bertz CT molecular complexity index is 526. The van der Waals surface area contributed by atoms with Gasteiger partial charge in [-0.25, -0.2) is 0 Å². The fourth-order valence-electron chi connectivity index (χ4n) is 5.57. The second-order valence-electron chi connectivity index (χ2n) is 8.09. The summed E-state index contributed by atoms with van der Waals surface area (Å²) in [5.74, 6) is 0.996. The van der Waals surface area contributed by atoms with Crippen LogP contribution in [0.2, 0.25) is 0 Å². The molecule has 5 nitrogen and oxygen atoms in total. The highest BCUT2D eigenvalue weighted by atomic mass is 16.3. The minimum atomic E-state index is -0.555. The largest absolute Gasteiger partial charge is 0.393 e. The third-order valence-electron chi connectivity index (χ3n) is 6.66.